The van der Waals surface area contributed by atoms with Crippen molar-refractivity contribution in [1.29, 1.82) is 0 Å². The van der Waals surface area contributed by atoms with E-state index in [-0.39, 0.29) is 18.8 Å². The van der Waals surface area contributed by atoms with Crippen LogP contribution in [0.4, 0.5) is 0 Å². The summed E-state index contributed by atoms with van der Waals surface area (Å²) in [5.74, 6) is 4.39. The zero-order chi connectivity index (χ0) is 21.9. The average Bonchev–Trinajstić information content (AvgIpc) is 3.30. The summed E-state index contributed by atoms with van der Waals surface area (Å²) in [6, 6.07) is 20.2. The van der Waals surface area contributed by atoms with Gasteiger partial charge in [0.25, 0.3) is 0 Å². The second kappa shape index (κ2) is 8.87. The Morgan fingerprint density at radius 2 is 1.50 bits per heavy atom. The van der Waals surface area contributed by atoms with Crippen LogP contribution in [0.25, 0.3) is 6.08 Å². The molecule has 2 unspecified atom stereocenters. The van der Waals surface area contributed by atoms with E-state index >= 15 is 0 Å². The Bertz CT molecular complexity index is 1100. The van der Waals surface area contributed by atoms with Crippen LogP contribution in [0.1, 0.15) is 29.2 Å². The first-order valence-corrected chi connectivity index (χ1v) is 10.8. The summed E-state index contributed by atoms with van der Waals surface area (Å²) in [6.07, 6.45) is 6.10. The molecule has 0 amide bonds. The third-order valence-corrected chi connectivity index (χ3v) is 6.03. The summed E-state index contributed by atoms with van der Waals surface area (Å²) in [7, 11) is 3.36. The molecule has 2 atom stereocenters. The molecule has 164 valence electrons. The van der Waals surface area contributed by atoms with Gasteiger partial charge < -0.3 is 23.7 Å². The fourth-order valence-electron chi connectivity index (χ4n) is 4.29. The van der Waals surface area contributed by atoms with Gasteiger partial charge >= 0.3 is 0 Å². The third kappa shape index (κ3) is 4.11. The Kier molecular flexibility index (Phi) is 5.63. The maximum Gasteiger partial charge on any atom is 0.231 e. The molecular weight excluding hydrogens is 404 g/mol. The van der Waals surface area contributed by atoms with Crippen molar-refractivity contribution in [3.63, 3.8) is 0 Å². The van der Waals surface area contributed by atoms with E-state index < -0.39 is 0 Å². The first kappa shape index (κ1) is 20.3. The Balaban J connectivity index is 1.40. The van der Waals surface area contributed by atoms with Crippen LogP contribution in [-0.4, -0.2) is 21.0 Å². The van der Waals surface area contributed by atoms with E-state index in [9.17, 15) is 0 Å². The third-order valence-electron chi connectivity index (χ3n) is 6.03. The predicted molar refractivity (Wildman–Crippen MR) is 123 cm³/mol. The Morgan fingerprint density at radius 3 is 2.19 bits per heavy atom. The van der Waals surface area contributed by atoms with Crippen LogP contribution in [0.5, 0.6) is 28.7 Å². The standard InChI is InChI=1S/C27H26O5/c1-28-22-10-6-18(7-11-22)4-3-5-20-14-21-15-25-26(31-17-30-25)16-24(21)32-27(20)19-8-12-23(29-2)13-9-19/h3-4,6-13,15-16,20,27H,5,14,17H2,1-2H3/b4-3+. The first-order valence-electron chi connectivity index (χ1n) is 10.8. The van der Waals surface area contributed by atoms with E-state index in [0.29, 0.717) is 0 Å². The van der Waals surface area contributed by atoms with Gasteiger partial charge in [-0.3, -0.25) is 0 Å². The molecule has 0 saturated carbocycles. The number of hydrogen-bond donors (Lipinski definition) is 0. The highest BCUT2D eigenvalue weighted by Crippen LogP contribution is 2.46. The van der Waals surface area contributed by atoms with Crippen LogP contribution < -0.4 is 23.7 Å². The lowest BCUT2D eigenvalue weighted by molar-refractivity contribution is 0.114. The highest BCUT2D eigenvalue weighted by molar-refractivity contribution is 5.54. The highest BCUT2D eigenvalue weighted by Gasteiger charge is 2.32. The van der Waals surface area contributed by atoms with Crippen molar-refractivity contribution in [3.05, 3.63) is 83.4 Å². The minimum atomic E-state index is -0.0608. The van der Waals surface area contributed by atoms with Gasteiger partial charge in [-0.15, -0.1) is 0 Å². The summed E-state index contributed by atoms with van der Waals surface area (Å²) in [6.45, 7) is 0.258. The van der Waals surface area contributed by atoms with E-state index in [0.717, 1.165) is 58.3 Å². The van der Waals surface area contributed by atoms with Crippen molar-refractivity contribution >= 4 is 6.08 Å². The smallest absolute Gasteiger partial charge is 0.231 e. The first-order chi connectivity index (χ1) is 15.7. The Labute approximate surface area is 188 Å². The molecule has 0 radical (unpaired) electrons. The number of methoxy groups -OCH3 is 2. The highest BCUT2D eigenvalue weighted by atomic mass is 16.7. The van der Waals surface area contributed by atoms with Gasteiger partial charge in [0.05, 0.1) is 14.2 Å². The molecule has 0 bridgehead atoms. The molecule has 0 aromatic heterocycles. The number of allylic oxidation sites excluding steroid dienone is 1. The van der Waals surface area contributed by atoms with E-state index in [1.165, 1.54) is 0 Å². The lowest BCUT2D eigenvalue weighted by Gasteiger charge is -2.34. The van der Waals surface area contributed by atoms with E-state index in [1.54, 1.807) is 14.2 Å². The topological polar surface area (TPSA) is 46.2 Å². The molecule has 2 aliphatic rings. The molecule has 0 aliphatic carbocycles. The van der Waals surface area contributed by atoms with Gasteiger partial charge in [0.15, 0.2) is 11.5 Å². The summed E-state index contributed by atoms with van der Waals surface area (Å²) in [5.41, 5.74) is 3.44. The molecule has 3 aromatic carbocycles. The molecule has 2 heterocycles. The molecule has 5 heteroatoms. The molecule has 5 rings (SSSR count). The van der Waals surface area contributed by atoms with Gasteiger partial charge in [-0.05, 0) is 59.9 Å². The average molecular weight is 431 g/mol. The number of ether oxygens (including phenoxy) is 5. The lowest BCUT2D eigenvalue weighted by atomic mass is 9.84. The second-order valence-corrected chi connectivity index (χ2v) is 8.00. The Morgan fingerprint density at radius 1 is 0.844 bits per heavy atom. The molecular formula is C27H26O5. The summed E-state index contributed by atoms with van der Waals surface area (Å²) in [5, 5.41) is 0. The van der Waals surface area contributed by atoms with Crippen molar-refractivity contribution in [1.82, 2.24) is 0 Å². The lowest BCUT2D eigenvalue weighted by Crippen LogP contribution is -2.25. The number of hydrogen-bond acceptors (Lipinski definition) is 5. The monoisotopic (exact) mass is 430 g/mol. The van der Waals surface area contributed by atoms with Gasteiger partial charge in [0.1, 0.15) is 23.4 Å². The van der Waals surface area contributed by atoms with Gasteiger partial charge in [0, 0.05) is 12.0 Å². The number of fused-ring (bicyclic) bond motifs is 2. The molecule has 5 nitrogen and oxygen atoms in total. The summed E-state index contributed by atoms with van der Waals surface area (Å²) >= 11 is 0. The SMILES string of the molecule is COc1ccc(/C=C/CC2Cc3cc4c(cc3OC2c2ccc(OC)cc2)OCO4)cc1. The van der Waals surface area contributed by atoms with Crippen molar-refractivity contribution in [3.8, 4) is 28.7 Å². The zero-order valence-corrected chi connectivity index (χ0v) is 18.2. The Hall–Kier alpha value is -3.60. The zero-order valence-electron chi connectivity index (χ0n) is 18.2. The van der Waals surface area contributed by atoms with Crippen molar-refractivity contribution < 1.29 is 23.7 Å². The van der Waals surface area contributed by atoms with Crippen LogP contribution in [0.3, 0.4) is 0 Å². The quantitative estimate of drug-likeness (QED) is 0.492. The van der Waals surface area contributed by atoms with Crippen molar-refractivity contribution in [2.75, 3.05) is 21.0 Å². The number of rotatable bonds is 6. The maximum atomic E-state index is 6.54. The largest absolute Gasteiger partial charge is 0.497 e. The molecule has 0 fully saturated rings. The van der Waals surface area contributed by atoms with E-state index in [2.05, 4.69) is 42.5 Å². The van der Waals surface area contributed by atoms with Gasteiger partial charge in [0.2, 0.25) is 6.79 Å². The summed E-state index contributed by atoms with van der Waals surface area (Å²) < 4.78 is 28.2. The fourth-order valence-corrected chi connectivity index (χ4v) is 4.29. The number of benzene rings is 3. The van der Waals surface area contributed by atoms with Crippen molar-refractivity contribution in [2.24, 2.45) is 5.92 Å². The second-order valence-electron chi connectivity index (χ2n) is 8.00. The van der Waals surface area contributed by atoms with Crippen LogP contribution in [-0.2, 0) is 6.42 Å². The molecule has 0 saturated heterocycles. The molecule has 2 aliphatic heterocycles. The van der Waals surface area contributed by atoms with E-state index in [1.807, 2.05) is 30.3 Å². The van der Waals surface area contributed by atoms with E-state index in [4.69, 9.17) is 23.7 Å². The molecule has 3 aromatic rings. The van der Waals surface area contributed by atoms with Gasteiger partial charge in [-0.25, -0.2) is 0 Å². The van der Waals surface area contributed by atoms with Crippen LogP contribution in [0, 0.1) is 5.92 Å². The fraction of sp³-hybridized carbons (Fsp3) is 0.259. The van der Waals surface area contributed by atoms with Crippen molar-refractivity contribution in [2.45, 2.75) is 18.9 Å². The van der Waals surface area contributed by atoms with Gasteiger partial charge in [-0.2, -0.15) is 0 Å². The molecule has 0 spiro atoms. The minimum absolute atomic E-state index is 0.0608. The maximum absolute atomic E-state index is 6.54. The minimum Gasteiger partial charge on any atom is -0.497 e. The predicted octanol–water partition coefficient (Wildman–Crippen LogP) is 5.83. The van der Waals surface area contributed by atoms with Gasteiger partial charge in [-0.1, -0.05) is 36.4 Å². The molecule has 32 heavy (non-hydrogen) atoms. The van der Waals surface area contributed by atoms with Crippen LogP contribution >= 0.6 is 0 Å². The van der Waals surface area contributed by atoms with Crippen LogP contribution in [0.2, 0.25) is 0 Å². The summed E-state index contributed by atoms with van der Waals surface area (Å²) in [4.78, 5) is 0. The van der Waals surface area contributed by atoms with Crippen LogP contribution in [0.15, 0.2) is 66.7 Å². The molecule has 0 N–H and O–H groups in total. The normalized spacial score (nSPS) is 18.8.